The molecule has 0 saturated carbocycles. The van der Waals surface area contributed by atoms with Gasteiger partial charge in [0.2, 0.25) is 0 Å². The zero-order chi connectivity index (χ0) is 34.9. The quantitative estimate of drug-likeness (QED) is 0.177. The Morgan fingerprint density at radius 2 is 0.925 bits per heavy atom. The van der Waals surface area contributed by atoms with Crippen molar-refractivity contribution in [2.24, 2.45) is 0 Å². The second-order valence-electron chi connectivity index (χ2n) is 13.0. The highest BCUT2D eigenvalue weighted by molar-refractivity contribution is 7.26. The van der Waals surface area contributed by atoms with Crippen LogP contribution in [0.5, 0.6) is 0 Å². The maximum atomic E-state index is 5.26. The molecule has 11 aromatic rings. The van der Waals surface area contributed by atoms with E-state index in [1.807, 2.05) is 46.9 Å². The van der Waals surface area contributed by atoms with Gasteiger partial charge in [0.1, 0.15) is 5.01 Å². The fraction of sp³-hybridized carbons (Fsp3) is 0. The van der Waals surface area contributed by atoms with E-state index >= 15 is 0 Å². The van der Waals surface area contributed by atoms with Crippen molar-refractivity contribution in [3.8, 4) is 55.9 Å². The molecule has 0 aliphatic rings. The molecule has 11 rings (SSSR count). The first-order valence-electron chi connectivity index (χ1n) is 17.4. The fourth-order valence-electron chi connectivity index (χ4n) is 7.32. The zero-order valence-corrected chi connectivity index (χ0v) is 30.5. The number of fused-ring (bicyclic) bond motifs is 7. The molecule has 7 heteroatoms. The molecule has 4 heterocycles. The van der Waals surface area contributed by atoms with Crippen LogP contribution in [0.25, 0.3) is 106 Å². The maximum absolute atomic E-state index is 5.26. The predicted molar refractivity (Wildman–Crippen MR) is 226 cm³/mol. The van der Waals surface area contributed by atoms with Gasteiger partial charge in [-0.1, -0.05) is 103 Å². The van der Waals surface area contributed by atoms with Crippen LogP contribution in [0.4, 0.5) is 0 Å². The van der Waals surface area contributed by atoms with Crippen molar-refractivity contribution in [2.45, 2.75) is 0 Å². The molecule has 0 N–H and O–H groups in total. The first kappa shape index (κ1) is 30.5. The Balaban J connectivity index is 1.12. The smallest absolute Gasteiger partial charge is 0.164 e. The number of benzene rings is 7. The Morgan fingerprint density at radius 1 is 0.321 bits per heavy atom. The summed E-state index contributed by atoms with van der Waals surface area (Å²) in [7, 11) is 0. The van der Waals surface area contributed by atoms with Crippen molar-refractivity contribution >= 4 is 84.6 Å². The van der Waals surface area contributed by atoms with Gasteiger partial charge in [-0.05, 0) is 65.7 Å². The van der Waals surface area contributed by atoms with Crippen molar-refractivity contribution in [1.82, 2.24) is 19.9 Å². The minimum atomic E-state index is 0.654. The number of hydrogen-bond acceptors (Lipinski definition) is 7. The van der Waals surface area contributed by atoms with Crippen LogP contribution >= 0.6 is 34.0 Å². The van der Waals surface area contributed by atoms with Crippen LogP contribution in [0.3, 0.4) is 0 Å². The lowest BCUT2D eigenvalue weighted by atomic mass is 9.96. The van der Waals surface area contributed by atoms with Gasteiger partial charge in [-0.3, -0.25) is 0 Å². The molecule has 7 aromatic carbocycles. The number of thiazole rings is 1. The van der Waals surface area contributed by atoms with Crippen molar-refractivity contribution in [3.63, 3.8) is 0 Å². The summed E-state index contributed by atoms with van der Waals surface area (Å²) in [6, 6.07) is 55.6. The normalized spacial score (nSPS) is 11.8. The summed E-state index contributed by atoms with van der Waals surface area (Å²) >= 11 is 5.35. The molecule has 0 amide bonds. The van der Waals surface area contributed by atoms with Crippen LogP contribution in [-0.4, -0.2) is 19.9 Å². The summed E-state index contributed by atoms with van der Waals surface area (Å²) in [5.41, 5.74) is 7.39. The van der Waals surface area contributed by atoms with Gasteiger partial charge in [0, 0.05) is 62.6 Å². The topological polar surface area (TPSA) is 51.6 Å². The van der Waals surface area contributed by atoms with E-state index in [0.717, 1.165) is 43.7 Å². The molecule has 0 radical (unpaired) electrons. The summed E-state index contributed by atoms with van der Waals surface area (Å²) in [4.78, 5) is 20.5. The summed E-state index contributed by atoms with van der Waals surface area (Å²) in [6.07, 6.45) is 0. The van der Waals surface area contributed by atoms with Crippen LogP contribution in [0, 0.1) is 0 Å². The molecule has 0 aliphatic heterocycles. The van der Waals surface area contributed by atoms with Crippen LogP contribution in [0.15, 0.2) is 158 Å². The van der Waals surface area contributed by atoms with Gasteiger partial charge in [-0.25, -0.2) is 19.9 Å². The van der Waals surface area contributed by atoms with Crippen molar-refractivity contribution in [2.75, 3.05) is 0 Å². The number of thiophene rings is 2. The van der Waals surface area contributed by atoms with Gasteiger partial charge >= 0.3 is 0 Å². The highest BCUT2D eigenvalue weighted by Crippen LogP contribution is 2.45. The molecule has 0 spiro atoms. The summed E-state index contributed by atoms with van der Waals surface area (Å²) in [5.74, 6) is 1.97. The summed E-state index contributed by atoms with van der Waals surface area (Å²) in [6.45, 7) is 0. The molecule has 53 heavy (non-hydrogen) atoms. The van der Waals surface area contributed by atoms with Gasteiger partial charge < -0.3 is 0 Å². The third-order valence-corrected chi connectivity index (χ3v) is 13.1. The van der Waals surface area contributed by atoms with E-state index in [1.165, 1.54) is 45.2 Å². The standard InChI is InChI=1S/C46H26N4S3/c1-2-11-27(12-3-1)43-48-44(29-23-24-37-34(26-29)32-15-4-6-19-36(32)51-37)50-45(49-43)33-17-10-22-40-42(33)41-31(16-9-21-39(41)52-40)28-13-8-14-30(25-28)46-47-35-18-5-7-20-38(35)53-46/h1-26H. The molecule has 0 bridgehead atoms. The van der Waals surface area contributed by atoms with Gasteiger partial charge in [0.05, 0.1) is 10.2 Å². The molecule has 0 atom stereocenters. The highest BCUT2D eigenvalue weighted by Gasteiger charge is 2.20. The number of nitrogens with zero attached hydrogens (tertiary/aromatic N) is 4. The van der Waals surface area contributed by atoms with E-state index in [9.17, 15) is 0 Å². The minimum absolute atomic E-state index is 0.654. The molecule has 0 saturated heterocycles. The SMILES string of the molecule is c1ccc(-c2nc(-c3ccc4sc5ccccc5c4c3)nc(-c3cccc4sc5cccc(-c6cccc(-c7nc8ccccc8s7)c6)c5c34)n2)cc1. The molecule has 4 aromatic heterocycles. The Kier molecular flexibility index (Phi) is 7.05. The number of hydrogen-bond donors (Lipinski definition) is 0. The van der Waals surface area contributed by atoms with Crippen LogP contribution in [-0.2, 0) is 0 Å². The van der Waals surface area contributed by atoms with E-state index < -0.39 is 0 Å². The molecule has 0 fully saturated rings. The Bertz CT molecular complexity index is 3160. The number of aromatic nitrogens is 4. The van der Waals surface area contributed by atoms with E-state index in [-0.39, 0.29) is 0 Å². The lowest BCUT2D eigenvalue weighted by molar-refractivity contribution is 1.08. The average Bonchev–Trinajstić information content (AvgIpc) is 3.94. The van der Waals surface area contributed by atoms with E-state index in [0.29, 0.717) is 17.5 Å². The van der Waals surface area contributed by atoms with Crippen LogP contribution in [0.1, 0.15) is 0 Å². The van der Waals surface area contributed by atoms with Crippen molar-refractivity contribution < 1.29 is 0 Å². The predicted octanol–water partition coefficient (Wildman–Crippen LogP) is 13.6. The van der Waals surface area contributed by atoms with Gasteiger partial charge in [0.15, 0.2) is 17.5 Å². The first-order chi connectivity index (χ1) is 26.2. The fourth-order valence-corrected chi connectivity index (χ4v) is 10.5. The maximum Gasteiger partial charge on any atom is 0.164 e. The molecule has 0 aliphatic carbocycles. The third kappa shape index (κ3) is 5.16. The lowest BCUT2D eigenvalue weighted by Gasteiger charge is -2.11. The van der Waals surface area contributed by atoms with Crippen LogP contribution < -0.4 is 0 Å². The Morgan fingerprint density at radius 3 is 1.77 bits per heavy atom. The van der Waals surface area contributed by atoms with Crippen molar-refractivity contribution in [3.05, 3.63) is 158 Å². The second-order valence-corrected chi connectivity index (χ2v) is 16.2. The van der Waals surface area contributed by atoms with E-state index in [4.69, 9.17) is 19.9 Å². The average molecular weight is 731 g/mol. The van der Waals surface area contributed by atoms with Crippen LogP contribution in [0.2, 0.25) is 0 Å². The van der Waals surface area contributed by atoms with E-state index in [1.54, 1.807) is 11.3 Å². The minimum Gasteiger partial charge on any atom is -0.236 e. The molecular formula is C46H26N4S3. The molecule has 4 nitrogen and oxygen atoms in total. The summed E-state index contributed by atoms with van der Waals surface area (Å²) in [5, 5.41) is 5.86. The first-order valence-corrected chi connectivity index (χ1v) is 19.8. The Hall–Kier alpha value is -6.12. The molecular weight excluding hydrogens is 705 g/mol. The number of para-hydroxylation sites is 1. The molecule has 0 unspecified atom stereocenters. The lowest BCUT2D eigenvalue weighted by Crippen LogP contribution is -2.00. The van der Waals surface area contributed by atoms with E-state index in [2.05, 4.69) is 133 Å². The zero-order valence-electron chi connectivity index (χ0n) is 28.0. The van der Waals surface area contributed by atoms with Gasteiger partial charge in [-0.15, -0.1) is 34.0 Å². The van der Waals surface area contributed by atoms with Gasteiger partial charge in [-0.2, -0.15) is 0 Å². The largest absolute Gasteiger partial charge is 0.236 e. The molecule has 248 valence electrons. The number of rotatable bonds is 5. The third-order valence-electron chi connectivity index (χ3n) is 9.78. The Labute approximate surface area is 316 Å². The monoisotopic (exact) mass is 730 g/mol. The van der Waals surface area contributed by atoms with Gasteiger partial charge in [0.25, 0.3) is 0 Å². The highest BCUT2D eigenvalue weighted by atomic mass is 32.1. The second kappa shape index (κ2) is 12.2. The summed E-state index contributed by atoms with van der Waals surface area (Å²) < 4.78 is 6.14. The van der Waals surface area contributed by atoms with Crippen molar-refractivity contribution in [1.29, 1.82) is 0 Å².